The van der Waals surface area contributed by atoms with Gasteiger partial charge in [-0.2, -0.15) is 0 Å². The third kappa shape index (κ3) is 7.69. The first kappa shape index (κ1) is 31.9. The van der Waals surface area contributed by atoms with E-state index in [0.29, 0.717) is 0 Å². The molecule has 0 amide bonds. The van der Waals surface area contributed by atoms with Crippen LogP contribution in [-0.2, 0) is 66.5 Å². The average molecular weight is 607 g/mol. The van der Waals surface area contributed by atoms with Gasteiger partial charge in [-0.15, -0.1) is 11.8 Å². The highest BCUT2D eigenvalue weighted by Gasteiger charge is 2.61. The Hall–Kier alpha value is -2.01. The fourth-order valence-electron chi connectivity index (χ4n) is 5.34. The summed E-state index contributed by atoms with van der Waals surface area (Å²) in [6.07, 6.45) is -7.52. The number of ether oxygens (including phenoxy) is 10. The molecule has 4 saturated heterocycles. The second-order valence-electron chi connectivity index (χ2n) is 11.1. The van der Waals surface area contributed by atoms with Crippen LogP contribution in [0.1, 0.15) is 55.4 Å². The summed E-state index contributed by atoms with van der Waals surface area (Å²) in [6, 6.07) is 0. The standard InChI is InChI=1S/C26H38O14S/c1-11(27)31-9-15-17(32-12(2)28)19(33-13(3)29)22(34-14(4)30)24(36-15)41-10-16-18-20(38-25(5,6)37-18)21-23(35-16)40-26(7,8)39-21/h15-24H,9-10H2,1-8H3/t15-,16+,17-,18+,19+,20+,21-,22-,23-,24+/m1/s1. The maximum atomic E-state index is 12.1. The van der Waals surface area contributed by atoms with Crippen LogP contribution >= 0.6 is 11.8 Å². The van der Waals surface area contributed by atoms with Crippen molar-refractivity contribution in [2.45, 2.75) is 128 Å². The second kappa shape index (κ2) is 12.3. The summed E-state index contributed by atoms with van der Waals surface area (Å²) >= 11 is 1.20. The highest BCUT2D eigenvalue weighted by atomic mass is 32.2. The molecule has 0 N–H and O–H groups in total. The molecule has 0 saturated carbocycles. The van der Waals surface area contributed by atoms with Gasteiger partial charge in [0.15, 0.2) is 36.2 Å². The van der Waals surface area contributed by atoms with Crippen molar-refractivity contribution in [1.29, 1.82) is 0 Å². The first-order valence-corrected chi connectivity index (χ1v) is 14.4. The van der Waals surface area contributed by atoms with E-state index in [1.165, 1.54) is 39.5 Å². The van der Waals surface area contributed by atoms with E-state index in [1.807, 2.05) is 0 Å². The number of carbonyl (C=O) groups is 4. The van der Waals surface area contributed by atoms with Gasteiger partial charge < -0.3 is 47.4 Å². The van der Waals surface area contributed by atoms with Crippen molar-refractivity contribution < 1.29 is 66.5 Å². The molecule has 15 heteroatoms. The largest absolute Gasteiger partial charge is 0.463 e. The van der Waals surface area contributed by atoms with Gasteiger partial charge in [0.25, 0.3) is 0 Å². The quantitative estimate of drug-likeness (QED) is 0.286. The molecule has 0 aromatic rings. The molecule has 0 spiro atoms. The van der Waals surface area contributed by atoms with Crippen LogP contribution in [0.2, 0.25) is 0 Å². The molecule has 4 rings (SSSR count). The van der Waals surface area contributed by atoms with Crippen LogP contribution in [0, 0.1) is 0 Å². The maximum absolute atomic E-state index is 12.1. The third-order valence-electron chi connectivity index (χ3n) is 6.62. The van der Waals surface area contributed by atoms with Crippen molar-refractivity contribution in [2.75, 3.05) is 12.4 Å². The number of rotatable bonds is 8. The molecule has 232 valence electrons. The van der Waals surface area contributed by atoms with Crippen LogP contribution in [0.3, 0.4) is 0 Å². The number of hydrogen-bond acceptors (Lipinski definition) is 15. The summed E-state index contributed by atoms with van der Waals surface area (Å²) in [5.74, 6) is -4.23. The molecule has 0 unspecified atom stereocenters. The molecule has 0 aromatic heterocycles. The van der Waals surface area contributed by atoms with Crippen molar-refractivity contribution in [3.8, 4) is 0 Å². The SMILES string of the molecule is CC(=O)OC[C@H]1O[C@@H](SC[C@@H]2O[C@@H]3OC(C)(C)O[C@@H]3[C@H]3OC(C)(C)O[C@H]32)[C@H](OC(C)=O)[C@@H](OC(C)=O)[C@@H]1OC(C)=O. The summed E-state index contributed by atoms with van der Waals surface area (Å²) in [4.78, 5) is 47.8. The molecular formula is C26H38O14S. The Bertz CT molecular complexity index is 1020. The van der Waals surface area contributed by atoms with E-state index in [2.05, 4.69) is 0 Å². The third-order valence-corrected chi connectivity index (χ3v) is 7.85. The predicted molar refractivity (Wildman–Crippen MR) is 137 cm³/mol. The zero-order valence-electron chi connectivity index (χ0n) is 24.3. The van der Waals surface area contributed by atoms with Gasteiger partial charge in [-0.25, -0.2) is 0 Å². The topological polar surface area (TPSA) is 161 Å². The van der Waals surface area contributed by atoms with Crippen LogP contribution < -0.4 is 0 Å². The number of esters is 4. The highest BCUT2D eigenvalue weighted by molar-refractivity contribution is 7.99. The Labute approximate surface area is 242 Å². The fourth-order valence-corrected chi connectivity index (χ4v) is 6.61. The minimum Gasteiger partial charge on any atom is -0.463 e. The van der Waals surface area contributed by atoms with Gasteiger partial charge >= 0.3 is 23.9 Å². The van der Waals surface area contributed by atoms with Gasteiger partial charge in [-0.3, -0.25) is 19.2 Å². The normalized spacial score (nSPS) is 38.7. The Kier molecular flexibility index (Phi) is 9.58. The first-order chi connectivity index (χ1) is 19.0. The van der Waals surface area contributed by atoms with Crippen molar-refractivity contribution in [3.05, 3.63) is 0 Å². The molecule has 4 heterocycles. The van der Waals surface area contributed by atoms with E-state index >= 15 is 0 Å². The zero-order valence-corrected chi connectivity index (χ0v) is 25.1. The van der Waals surface area contributed by atoms with Crippen LogP contribution in [0.4, 0.5) is 0 Å². The zero-order chi connectivity index (χ0) is 30.3. The molecule has 0 radical (unpaired) electrons. The van der Waals surface area contributed by atoms with E-state index < -0.39 is 96.0 Å². The Morgan fingerprint density at radius 1 is 0.634 bits per heavy atom. The molecule has 4 aliphatic rings. The van der Waals surface area contributed by atoms with Crippen molar-refractivity contribution in [3.63, 3.8) is 0 Å². The van der Waals surface area contributed by atoms with Crippen LogP contribution in [0.5, 0.6) is 0 Å². The first-order valence-electron chi connectivity index (χ1n) is 13.3. The molecule has 0 aromatic carbocycles. The lowest BCUT2D eigenvalue weighted by molar-refractivity contribution is -0.238. The molecule has 4 fully saturated rings. The summed E-state index contributed by atoms with van der Waals surface area (Å²) in [6.45, 7) is 11.6. The molecule has 0 bridgehead atoms. The van der Waals surface area contributed by atoms with Crippen LogP contribution in [-0.4, -0.2) is 108 Å². The maximum Gasteiger partial charge on any atom is 0.303 e. The lowest BCUT2D eigenvalue weighted by atomic mass is 9.99. The summed E-state index contributed by atoms with van der Waals surface area (Å²) in [5, 5.41) is 0. The number of hydrogen-bond donors (Lipinski definition) is 0. The Morgan fingerprint density at radius 2 is 1.17 bits per heavy atom. The summed E-state index contributed by atoms with van der Waals surface area (Å²) in [5.41, 5.74) is -0.956. The van der Waals surface area contributed by atoms with E-state index in [0.717, 1.165) is 0 Å². The van der Waals surface area contributed by atoms with Crippen molar-refractivity contribution in [1.82, 2.24) is 0 Å². The predicted octanol–water partition coefficient (Wildman–Crippen LogP) is 1.20. The van der Waals surface area contributed by atoms with Crippen LogP contribution in [0.25, 0.3) is 0 Å². The van der Waals surface area contributed by atoms with Gasteiger partial charge in [-0.1, -0.05) is 0 Å². The lowest BCUT2D eigenvalue weighted by Gasteiger charge is -2.44. The van der Waals surface area contributed by atoms with Crippen molar-refractivity contribution in [2.24, 2.45) is 0 Å². The van der Waals surface area contributed by atoms with Gasteiger partial charge in [0.05, 0.1) is 6.10 Å². The molecule has 41 heavy (non-hydrogen) atoms. The number of carbonyl (C=O) groups excluding carboxylic acids is 4. The van der Waals surface area contributed by atoms with Gasteiger partial charge in [0.2, 0.25) is 0 Å². The number of thioether (sulfide) groups is 1. The van der Waals surface area contributed by atoms with Gasteiger partial charge in [0, 0.05) is 33.4 Å². The fraction of sp³-hybridized carbons (Fsp3) is 0.846. The lowest BCUT2D eigenvalue weighted by Crippen LogP contribution is -2.62. The highest BCUT2D eigenvalue weighted by Crippen LogP contribution is 2.45. The average Bonchev–Trinajstić information content (AvgIpc) is 3.32. The van der Waals surface area contributed by atoms with E-state index in [4.69, 9.17) is 47.4 Å². The Balaban J connectivity index is 1.59. The molecular weight excluding hydrogens is 568 g/mol. The van der Waals surface area contributed by atoms with E-state index in [9.17, 15) is 19.2 Å². The van der Waals surface area contributed by atoms with Gasteiger partial charge in [-0.05, 0) is 27.7 Å². The van der Waals surface area contributed by atoms with E-state index in [1.54, 1.807) is 27.7 Å². The summed E-state index contributed by atoms with van der Waals surface area (Å²) < 4.78 is 58.5. The van der Waals surface area contributed by atoms with E-state index in [-0.39, 0.29) is 12.4 Å². The molecule has 0 aliphatic carbocycles. The minimum absolute atomic E-state index is 0.237. The Morgan fingerprint density at radius 3 is 1.78 bits per heavy atom. The smallest absolute Gasteiger partial charge is 0.303 e. The molecule has 14 nitrogen and oxygen atoms in total. The molecule has 10 atom stereocenters. The van der Waals surface area contributed by atoms with Crippen molar-refractivity contribution >= 4 is 35.6 Å². The monoisotopic (exact) mass is 606 g/mol. The minimum atomic E-state index is -1.26. The second-order valence-corrected chi connectivity index (χ2v) is 12.2. The summed E-state index contributed by atoms with van der Waals surface area (Å²) in [7, 11) is 0. The van der Waals surface area contributed by atoms with Gasteiger partial charge in [0.1, 0.15) is 36.5 Å². The molecule has 4 aliphatic heterocycles. The van der Waals surface area contributed by atoms with Crippen LogP contribution in [0.15, 0.2) is 0 Å². The number of fused-ring (bicyclic) bond motifs is 3.